The predicted molar refractivity (Wildman–Crippen MR) is 234 cm³/mol. The van der Waals surface area contributed by atoms with Gasteiger partial charge < -0.3 is 39.2 Å². The van der Waals surface area contributed by atoms with Gasteiger partial charge in [-0.25, -0.2) is 4.79 Å². The molecule has 3 N–H and O–H groups in total. The molecule has 0 spiro atoms. The van der Waals surface area contributed by atoms with Crippen LogP contribution >= 0.6 is 0 Å². The van der Waals surface area contributed by atoms with Crippen LogP contribution in [-0.4, -0.2) is 119 Å². The number of fused-ring (bicyclic) bond motifs is 3. The number of allylic oxidation sites excluding steroid dienone is 6. The second kappa shape index (κ2) is 24.3. The van der Waals surface area contributed by atoms with Crippen molar-refractivity contribution in [1.29, 1.82) is 0 Å². The number of esters is 1. The fourth-order valence-electron chi connectivity index (χ4n) is 9.82. The Labute approximate surface area is 370 Å². The maximum Gasteiger partial charge on any atom is 0.329 e. The van der Waals surface area contributed by atoms with Gasteiger partial charge in [0.1, 0.15) is 24.0 Å². The van der Waals surface area contributed by atoms with Crippen LogP contribution in [0.15, 0.2) is 36.0 Å². The monoisotopic (exact) mass is 872 g/mol. The number of hydrogen-bond acceptors (Lipinski definition) is 12. The largest absolute Gasteiger partial charge is 0.460 e. The minimum absolute atomic E-state index is 0.0604. The molecule has 1 unspecified atom stereocenters. The van der Waals surface area contributed by atoms with Crippen LogP contribution in [0.2, 0.25) is 0 Å². The summed E-state index contributed by atoms with van der Waals surface area (Å²) in [5.74, 6) is -7.11. The van der Waals surface area contributed by atoms with E-state index in [2.05, 4.69) is 0 Å². The van der Waals surface area contributed by atoms with Gasteiger partial charge in [-0.05, 0) is 114 Å². The zero-order valence-electron chi connectivity index (χ0n) is 38.7. The van der Waals surface area contributed by atoms with E-state index in [1.807, 2.05) is 58.1 Å². The van der Waals surface area contributed by atoms with Gasteiger partial charge in [0.2, 0.25) is 5.79 Å². The van der Waals surface area contributed by atoms with Crippen LogP contribution in [0, 0.1) is 35.5 Å². The van der Waals surface area contributed by atoms with E-state index in [4.69, 9.17) is 18.9 Å². The minimum Gasteiger partial charge on any atom is -0.460 e. The molecular formula is C49H77NO12. The quantitative estimate of drug-likeness (QED) is 0.205. The number of cyclic esters (lactones) is 1. The number of hydrogen-bond donors (Lipinski definition) is 3. The third kappa shape index (κ3) is 14.0. The Hall–Kier alpha value is -3.07. The molecule has 13 heteroatoms. The topological polar surface area (TPSA) is 186 Å². The summed E-state index contributed by atoms with van der Waals surface area (Å²) in [4.78, 5) is 71.0. The van der Waals surface area contributed by atoms with Gasteiger partial charge in [-0.3, -0.25) is 19.2 Å². The van der Waals surface area contributed by atoms with E-state index in [0.717, 1.165) is 12.0 Å². The van der Waals surface area contributed by atoms with Crippen molar-refractivity contribution in [3.8, 4) is 0 Å². The first kappa shape index (κ1) is 51.6. The molecule has 14 atom stereocenters. The van der Waals surface area contributed by atoms with Crippen molar-refractivity contribution < 1.29 is 58.2 Å². The maximum atomic E-state index is 14.2. The van der Waals surface area contributed by atoms with Gasteiger partial charge in [0, 0.05) is 45.4 Å². The third-order valence-electron chi connectivity index (χ3n) is 14.1. The molecule has 13 nitrogen and oxygen atoms in total. The third-order valence-corrected chi connectivity index (χ3v) is 14.1. The average Bonchev–Trinajstić information content (AvgIpc) is 3.25. The molecule has 62 heavy (non-hydrogen) atoms. The van der Waals surface area contributed by atoms with Crippen molar-refractivity contribution in [1.82, 2.24) is 4.90 Å². The molecular weight excluding hydrogens is 795 g/mol. The maximum absolute atomic E-state index is 14.2. The van der Waals surface area contributed by atoms with Crippen LogP contribution < -0.4 is 0 Å². The molecule has 3 fully saturated rings. The number of ether oxygens (including phenoxy) is 4. The van der Waals surface area contributed by atoms with Gasteiger partial charge in [0.25, 0.3) is 11.7 Å². The number of amides is 1. The lowest BCUT2D eigenvalue weighted by Gasteiger charge is -2.42. The van der Waals surface area contributed by atoms with Crippen LogP contribution in [0.4, 0.5) is 0 Å². The van der Waals surface area contributed by atoms with Gasteiger partial charge in [0.15, 0.2) is 5.78 Å². The highest BCUT2D eigenvalue weighted by Gasteiger charge is 2.53. The lowest BCUT2D eigenvalue weighted by molar-refractivity contribution is -0.263. The Morgan fingerprint density at radius 1 is 0.871 bits per heavy atom. The molecule has 1 saturated carbocycles. The number of ketones is 3. The number of carbonyl (C=O) groups is 5. The number of piperidine rings is 1. The minimum atomic E-state index is -2.35. The molecule has 4 rings (SSSR count). The summed E-state index contributed by atoms with van der Waals surface area (Å²) in [6.45, 7) is 11.4. The predicted octanol–water partition coefficient (Wildman–Crippen LogP) is 6.39. The Morgan fingerprint density at radius 3 is 2.32 bits per heavy atom. The Kier molecular flexibility index (Phi) is 20.2. The van der Waals surface area contributed by atoms with Gasteiger partial charge in [-0.1, -0.05) is 70.6 Å². The van der Waals surface area contributed by atoms with E-state index in [1.54, 1.807) is 21.0 Å². The number of aliphatic hydroxyl groups excluding tert-OH is 2. The second-order valence-corrected chi connectivity index (χ2v) is 19.2. The molecule has 4 aliphatic rings. The molecule has 3 heterocycles. The highest BCUT2D eigenvalue weighted by Crippen LogP contribution is 2.37. The first-order valence-electron chi connectivity index (χ1n) is 23.3. The zero-order valence-corrected chi connectivity index (χ0v) is 38.7. The van der Waals surface area contributed by atoms with Crippen LogP contribution in [-0.2, 0) is 42.9 Å². The van der Waals surface area contributed by atoms with Crippen molar-refractivity contribution in [3.63, 3.8) is 0 Å². The summed E-state index contributed by atoms with van der Waals surface area (Å²) in [5.41, 5.74) is 1.07. The molecule has 1 amide bonds. The van der Waals surface area contributed by atoms with Gasteiger partial charge in [0.05, 0.1) is 24.4 Å². The SMILES string of the molecule is CO[C@@H]1C[C@H](C[C@@H](C)[C@@H]2CC(=O)CCC(C)[C@@H](O)[C@@H](OC)C(=O)[C@H](C)C[C@H](C)/C=C/C=C/C=C(\C)CC[C@@H]3CC[C@@H](C)[C@@](O)(O3)C(=O)C(=O)N3CCCC[C@H]3C(=O)O2)CC[C@H]1O. The second-order valence-electron chi connectivity index (χ2n) is 19.2. The fraction of sp³-hybridized carbons (Fsp3) is 0.776. The van der Waals surface area contributed by atoms with E-state index in [9.17, 15) is 39.3 Å². The van der Waals surface area contributed by atoms with Crippen molar-refractivity contribution >= 4 is 29.2 Å². The van der Waals surface area contributed by atoms with E-state index >= 15 is 0 Å². The summed E-state index contributed by atoms with van der Waals surface area (Å²) in [5, 5.41) is 33.6. The zero-order chi connectivity index (χ0) is 45.7. The summed E-state index contributed by atoms with van der Waals surface area (Å²) in [6, 6.07) is -1.10. The van der Waals surface area contributed by atoms with Gasteiger partial charge in [-0.2, -0.15) is 0 Å². The lowest BCUT2D eigenvalue weighted by atomic mass is 9.78. The Balaban J connectivity index is 1.62. The van der Waals surface area contributed by atoms with Gasteiger partial charge >= 0.3 is 5.97 Å². The van der Waals surface area contributed by atoms with Crippen LogP contribution in [0.25, 0.3) is 0 Å². The summed E-state index contributed by atoms with van der Waals surface area (Å²) in [6.07, 6.45) is 12.4. The smallest absolute Gasteiger partial charge is 0.329 e. The number of nitrogens with zero attached hydrogens (tertiary/aromatic N) is 1. The molecule has 350 valence electrons. The molecule has 3 aliphatic heterocycles. The number of rotatable bonds is 5. The molecule has 2 bridgehead atoms. The van der Waals surface area contributed by atoms with Gasteiger partial charge in [-0.15, -0.1) is 0 Å². The molecule has 0 aromatic rings. The van der Waals surface area contributed by atoms with E-state index in [-0.39, 0.29) is 73.6 Å². The highest BCUT2D eigenvalue weighted by atomic mass is 16.6. The molecule has 0 aromatic heterocycles. The Bertz CT molecular complexity index is 1610. The van der Waals surface area contributed by atoms with Crippen LogP contribution in [0.1, 0.15) is 138 Å². The Morgan fingerprint density at radius 2 is 1.61 bits per heavy atom. The molecule has 2 saturated heterocycles. The van der Waals surface area contributed by atoms with Crippen molar-refractivity contribution in [3.05, 3.63) is 36.0 Å². The number of methoxy groups -OCH3 is 2. The number of aliphatic hydroxyl groups is 3. The molecule has 1 aliphatic carbocycles. The first-order chi connectivity index (χ1) is 29.4. The average molecular weight is 872 g/mol. The van der Waals surface area contributed by atoms with E-state index in [0.29, 0.717) is 64.2 Å². The standard InChI is InChI=1S/C49H77NO12/c1-30-14-10-9-11-15-31(2)26-34(5)44(54)45(60-8)43(53)32(3)18-21-37(51)29-41(33(4)27-36-20-24-40(52)42(28-36)59-7)61-48(57)39-16-12-13-25-50(39)47(56)46(55)49(58)35(6)19-23-38(62-49)22-17-30/h9-11,14-15,31-36,38-43,45,52-53,58H,12-13,16-29H2,1-8H3/b10-9+,15-11+,30-14+/t31-,32?,33-,34-,35-,36+,38-,39+,40-,41+,42-,43-,45-,49-/m1/s1. The number of carbonyl (C=O) groups excluding carboxylic acids is 5. The lowest BCUT2D eigenvalue weighted by Crippen LogP contribution is -2.60. The summed E-state index contributed by atoms with van der Waals surface area (Å²) in [7, 11) is 2.98. The van der Waals surface area contributed by atoms with E-state index < -0.39 is 71.8 Å². The van der Waals surface area contributed by atoms with Crippen molar-refractivity contribution in [2.75, 3.05) is 20.8 Å². The fourth-order valence-corrected chi connectivity index (χ4v) is 9.82. The summed E-state index contributed by atoms with van der Waals surface area (Å²) < 4.78 is 23.4. The number of Topliss-reactive ketones (excluding diaryl/α,β-unsaturated/α-hetero) is 3. The molecule has 0 radical (unpaired) electrons. The first-order valence-corrected chi connectivity index (χ1v) is 23.3. The van der Waals surface area contributed by atoms with Crippen LogP contribution in [0.5, 0.6) is 0 Å². The highest BCUT2D eigenvalue weighted by molar-refractivity contribution is 6.39. The normalized spacial score (nSPS) is 39.8. The van der Waals surface area contributed by atoms with Crippen molar-refractivity contribution in [2.45, 2.75) is 186 Å². The summed E-state index contributed by atoms with van der Waals surface area (Å²) >= 11 is 0. The van der Waals surface area contributed by atoms with Crippen LogP contribution in [0.3, 0.4) is 0 Å². The van der Waals surface area contributed by atoms with Crippen molar-refractivity contribution in [2.24, 2.45) is 35.5 Å². The molecule has 0 aromatic carbocycles. The van der Waals surface area contributed by atoms with E-state index in [1.165, 1.54) is 12.0 Å².